The fourth-order valence-electron chi connectivity index (χ4n) is 2.25. The first-order chi connectivity index (χ1) is 7.13. The van der Waals surface area contributed by atoms with E-state index in [2.05, 4.69) is 22.3 Å². The highest BCUT2D eigenvalue weighted by Crippen LogP contribution is 2.31. The molecule has 15 heavy (non-hydrogen) atoms. The van der Waals surface area contributed by atoms with Gasteiger partial charge in [-0.3, -0.25) is 0 Å². The molecule has 0 spiro atoms. The second kappa shape index (κ2) is 3.83. The Morgan fingerprint density at radius 3 is 2.80 bits per heavy atom. The summed E-state index contributed by atoms with van der Waals surface area (Å²) in [5.74, 6) is 0.350. The van der Waals surface area contributed by atoms with Crippen molar-refractivity contribution in [2.45, 2.75) is 18.5 Å². The van der Waals surface area contributed by atoms with Crippen LogP contribution in [0.4, 0.5) is 0 Å². The molecule has 1 saturated heterocycles. The van der Waals surface area contributed by atoms with Crippen molar-refractivity contribution in [3.63, 3.8) is 0 Å². The van der Waals surface area contributed by atoms with Crippen molar-refractivity contribution in [1.29, 1.82) is 0 Å². The van der Waals surface area contributed by atoms with Gasteiger partial charge in [-0.15, -0.1) is 0 Å². The minimum Gasteiger partial charge on any atom is -0.398 e. The highest BCUT2D eigenvalue weighted by Gasteiger charge is 2.39. The Kier molecular flexibility index (Phi) is 2.67. The van der Waals surface area contributed by atoms with Crippen molar-refractivity contribution in [3.8, 4) is 0 Å². The summed E-state index contributed by atoms with van der Waals surface area (Å²) >= 11 is 0. The minimum absolute atomic E-state index is 0.350. The highest BCUT2D eigenvalue weighted by molar-refractivity contribution is 5.60. The zero-order valence-electron chi connectivity index (χ0n) is 9.11. The van der Waals surface area contributed by atoms with Crippen LogP contribution in [0.15, 0.2) is 16.9 Å². The maximum atomic E-state index is 6.27. The van der Waals surface area contributed by atoms with E-state index in [0.29, 0.717) is 11.6 Å². The number of piperidine rings is 1. The maximum absolute atomic E-state index is 6.27. The second-order valence-electron chi connectivity index (χ2n) is 4.43. The first kappa shape index (κ1) is 10.4. The number of hydrogen-bond donors (Lipinski definition) is 3. The molecular formula is C10H19N5. The van der Waals surface area contributed by atoms with Crippen molar-refractivity contribution in [2.24, 2.45) is 22.4 Å². The molecule has 0 aliphatic carbocycles. The van der Waals surface area contributed by atoms with Crippen molar-refractivity contribution >= 4 is 6.34 Å². The summed E-state index contributed by atoms with van der Waals surface area (Å²) in [6.45, 7) is 2.14. The van der Waals surface area contributed by atoms with Crippen molar-refractivity contribution in [1.82, 2.24) is 10.2 Å². The van der Waals surface area contributed by atoms with Crippen LogP contribution in [0.3, 0.4) is 0 Å². The van der Waals surface area contributed by atoms with Gasteiger partial charge in [0.1, 0.15) is 0 Å². The summed E-state index contributed by atoms with van der Waals surface area (Å²) < 4.78 is 0. The Morgan fingerprint density at radius 2 is 2.20 bits per heavy atom. The topological polar surface area (TPSA) is 79.7 Å². The van der Waals surface area contributed by atoms with Crippen molar-refractivity contribution in [3.05, 3.63) is 11.9 Å². The Balaban J connectivity index is 2.11. The molecule has 0 radical (unpaired) electrons. The van der Waals surface area contributed by atoms with Gasteiger partial charge < -0.3 is 21.7 Å². The van der Waals surface area contributed by atoms with Gasteiger partial charge in [0.15, 0.2) is 5.66 Å². The van der Waals surface area contributed by atoms with Gasteiger partial charge in [0, 0.05) is 12.1 Å². The standard InChI is InChI=1S/C10H19N5/c1-15-4-2-8(3-5-15)10(12)9(11)6-13-7-14-10/h6-8H,2-5,11-12H2,1H3,(H,13,14). The molecule has 0 saturated carbocycles. The van der Waals surface area contributed by atoms with Gasteiger partial charge in [-0.25, -0.2) is 4.99 Å². The number of nitrogens with zero attached hydrogens (tertiary/aromatic N) is 2. The van der Waals surface area contributed by atoms with Crippen LogP contribution in [-0.4, -0.2) is 37.0 Å². The van der Waals surface area contributed by atoms with E-state index < -0.39 is 5.66 Å². The predicted molar refractivity (Wildman–Crippen MR) is 61.0 cm³/mol. The van der Waals surface area contributed by atoms with E-state index in [1.54, 1.807) is 12.5 Å². The fraction of sp³-hybridized carbons (Fsp3) is 0.700. The number of hydrogen-bond acceptors (Lipinski definition) is 5. The molecule has 5 N–H and O–H groups in total. The van der Waals surface area contributed by atoms with E-state index in [4.69, 9.17) is 11.5 Å². The SMILES string of the molecule is CN1CCC(C2(N)N=CNC=C2N)CC1. The average Bonchev–Trinajstić information content (AvgIpc) is 2.23. The zero-order chi connectivity index (χ0) is 10.9. The lowest BCUT2D eigenvalue weighted by atomic mass is 9.83. The first-order valence-corrected chi connectivity index (χ1v) is 5.36. The minimum atomic E-state index is -0.688. The van der Waals surface area contributed by atoms with Crippen molar-refractivity contribution < 1.29 is 0 Å². The Hall–Kier alpha value is -1.07. The Morgan fingerprint density at radius 1 is 1.53 bits per heavy atom. The summed E-state index contributed by atoms with van der Waals surface area (Å²) in [5.41, 5.74) is 12.1. The summed E-state index contributed by atoms with van der Waals surface area (Å²) in [6.07, 6.45) is 5.48. The number of nitrogens with two attached hydrogens (primary N) is 2. The molecule has 2 rings (SSSR count). The largest absolute Gasteiger partial charge is 0.398 e. The lowest BCUT2D eigenvalue weighted by Gasteiger charge is -2.40. The van der Waals surface area contributed by atoms with Crippen LogP contribution in [0.2, 0.25) is 0 Å². The summed E-state index contributed by atoms with van der Waals surface area (Å²) in [5, 5.41) is 2.87. The third-order valence-corrected chi connectivity index (χ3v) is 3.39. The molecule has 2 aliphatic heterocycles. The van der Waals surface area contributed by atoms with Gasteiger partial charge in [-0.05, 0) is 33.0 Å². The van der Waals surface area contributed by atoms with Gasteiger partial charge >= 0.3 is 0 Å². The first-order valence-electron chi connectivity index (χ1n) is 5.36. The lowest BCUT2D eigenvalue weighted by molar-refractivity contribution is 0.167. The lowest BCUT2D eigenvalue weighted by Crippen LogP contribution is -2.54. The normalized spacial score (nSPS) is 33.6. The number of rotatable bonds is 1. The van der Waals surface area contributed by atoms with E-state index in [0.717, 1.165) is 25.9 Å². The molecule has 0 aromatic carbocycles. The third-order valence-electron chi connectivity index (χ3n) is 3.39. The molecule has 0 aromatic heterocycles. The van der Waals surface area contributed by atoms with Crippen molar-refractivity contribution in [2.75, 3.05) is 20.1 Å². The van der Waals surface area contributed by atoms with E-state index in [-0.39, 0.29) is 0 Å². The van der Waals surface area contributed by atoms with Gasteiger partial charge in [0.25, 0.3) is 0 Å². The molecule has 1 unspecified atom stereocenters. The van der Waals surface area contributed by atoms with Gasteiger partial charge in [-0.2, -0.15) is 0 Å². The second-order valence-corrected chi connectivity index (χ2v) is 4.43. The molecule has 5 nitrogen and oxygen atoms in total. The molecule has 0 bridgehead atoms. The summed E-state index contributed by atoms with van der Waals surface area (Å²) in [6, 6.07) is 0. The predicted octanol–water partition coefficient (Wildman–Crippen LogP) is -0.585. The fourth-order valence-corrected chi connectivity index (χ4v) is 2.25. The molecule has 5 heteroatoms. The molecular weight excluding hydrogens is 190 g/mol. The quantitative estimate of drug-likeness (QED) is 0.539. The molecule has 0 amide bonds. The zero-order valence-corrected chi connectivity index (χ0v) is 9.11. The van der Waals surface area contributed by atoms with Crippen LogP contribution >= 0.6 is 0 Å². The molecule has 2 heterocycles. The van der Waals surface area contributed by atoms with Crippen LogP contribution in [0, 0.1) is 5.92 Å². The summed E-state index contributed by atoms with van der Waals surface area (Å²) in [7, 11) is 2.13. The van der Waals surface area contributed by atoms with E-state index >= 15 is 0 Å². The van der Waals surface area contributed by atoms with E-state index in [1.807, 2.05) is 0 Å². The summed E-state index contributed by atoms with van der Waals surface area (Å²) in [4.78, 5) is 6.63. The van der Waals surface area contributed by atoms with Crippen LogP contribution < -0.4 is 16.8 Å². The van der Waals surface area contributed by atoms with Gasteiger partial charge in [0.2, 0.25) is 0 Å². The van der Waals surface area contributed by atoms with E-state index in [9.17, 15) is 0 Å². The molecule has 2 aliphatic rings. The molecule has 1 fully saturated rings. The Labute approximate surface area is 90.2 Å². The monoisotopic (exact) mass is 209 g/mol. The third kappa shape index (κ3) is 1.85. The number of aliphatic imine (C=N–C) groups is 1. The average molecular weight is 209 g/mol. The molecule has 84 valence electrons. The maximum Gasteiger partial charge on any atom is 0.154 e. The smallest absolute Gasteiger partial charge is 0.154 e. The van der Waals surface area contributed by atoms with E-state index in [1.165, 1.54) is 0 Å². The number of nitrogens with one attached hydrogen (secondary N) is 1. The Bertz CT molecular complexity index is 290. The van der Waals surface area contributed by atoms with Crippen LogP contribution in [0.5, 0.6) is 0 Å². The molecule has 0 aromatic rings. The number of likely N-dealkylation sites (tertiary alicyclic amines) is 1. The van der Waals surface area contributed by atoms with Crippen LogP contribution in [0.1, 0.15) is 12.8 Å². The van der Waals surface area contributed by atoms with Gasteiger partial charge in [-0.1, -0.05) is 0 Å². The highest BCUT2D eigenvalue weighted by atomic mass is 15.2. The van der Waals surface area contributed by atoms with Gasteiger partial charge in [0.05, 0.1) is 12.0 Å². The van der Waals surface area contributed by atoms with Crippen LogP contribution in [0.25, 0.3) is 0 Å². The molecule has 1 atom stereocenters. The van der Waals surface area contributed by atoms with Crippen LogP contribution in [-0.2, 0) is 0 Å².